The number of anilines is 2. The quantitative estimate of drug-likeness (QED) is 0.731. The Kier molecular flexibility index (Phi) is 6.25. The Morgan fingerprint density at radius 3 is 2.24 bits per heavy atom. The van der Waals surface area contributed by atoms with Crippen LogP contribution in [-0.2, 0) is 4.79 Å². The molecule has 0 atom stereocenters. The summed E-state index contributed by atoms with van der Waals surface area (Å²) in [6.45, 7) is 5.47. The van der Waals surface area contributed by atoms with Crippen LogP contribution in [0.3, 0.4) is 0 Å². The maximum atomic E-state index is 12.4. The SMILES string of the molecule is Cc1ccccc1C(=O)Nc1cccc(NC(=S)NC(=O)C(C)C)c1. The van der Waals surface area contributed by atoms with Crippen molar-refractivity contribution >= 4 is 40.5 Å². The first kappa shape index (κ1) is 18.6. The third-order valence-electron chi connectivity index (χ3n) is 3.53. The minimum absolute atomic E-state index is 0.151. The average Bonchev–Trinajstić information content (AvgIpc) is 2.55. The van der Waals surface area contributed by atoms with E-state index in [1.807, 2.05) is 25.1 Å². The molecule has 3 N–H and O–H groups in total. The highest BCUT2D eigenvalue weighted by atomic mass is 32.1. The van der Waals surface area contributed by atoms with Gasteiger partial charge in [0.1, 0.15) is 0 Å². The zero-order valence-corrected chi connectivity index (χ0v) is 15.2. The molecule has 2 aromatic rings. The topological polar surface area (TPSA) is 70.2 Å². The van der Waals surface area contributed by atoms with E-state index in [1.165, 1.54) is 0 Å². The fourth-order valence-corrected chi connectivity index (χ4v) is 2.34. The second-order valence-electron chi connectivity index (χ2n) is 5.95. The monoisotopic (exact) mass is 355 g/mol. The number of amides is 2. The van der Waals surface area contributed by atoms with E-state index in [1.54, 1.807) is 44.2 Å². The number of nitrogens with one attached hydrogen (secondary N) is 3. The van der Waals surface area contributed by atoms with Gasteiger partial charge in [0.15, 0.2) is 5.11 Å². The lowest BCUT2D eigenvalue weighted by atomic mass is 10.1. The van der Waals surface area contributed by atoms with Crippen molar-refractivity contribution in [3.63, 3.8) is 0 Å². The summed E-state index contributed by atoms with van der Waals surface area (Å²) in [7, 11) is 0. The lowest BCUT2D eigenvalue weighted by molar-refractivity contribution is -0.122. The molecule has 0 aliphatic heterocycles. The highest BCUT2D eigenvalue weighted by molar-refractivity contribution is 7.80. The Bertz CT molecular complexity index is 803. The highest BCUT2D eigenvalue weighted by Crippen LogP contribution is 2.17. The predicted molar refractivity (Wildman–Crippen MR) is 105 cm³/mol. The van der Waals surface area contributed by atoms with E-state index >= 15 is 0 Å². The normalized spacial score (nSPS) is 10.2. The molecule has 0 saturated carbocycles. The zero-order valence-electron chi connectivity index (χ0n) is 14.4. The summed E-state index contributed by atoms with van der Waals surface area (Å²) in [5, 5.41) is 8.64. The molecule has 2 amide bonds. The van der Waals surface area contributed by atoms with Gasteiger partial charge in [-0.05, 0) is 49.0 Å². The van der Waals surface area contributed by atoms with Crippen LogP contribution in [0.2, 0.25) is 0 Å². The lowest BCUT2D eigenvalue weighted by Gasteiger charge is -2.13. The minimum Gasteiger partial charge on any atom is -0.332 e. The third kappa shape index (κ3) is 5.39. The molecule has 0 unspecified atom stereocenters. The summed E-state index contributed by atoms with van der Waals surface area (Å²) in [5.41, 5.74) is 2.85. The van der Waals surface area contributed by atoms with E-state index in [-0.39, 0.29) is 22.8 Å². The van der Waals surface area contributed by atoms with Crippen LogP contribution in [0.4, 0.5) is 11.4 Å². The van der Waals surface area contributed by atoms with Crippen LogP contribution in [-0.4, -0.2) is 16.9 Å². The zero-order chi connectivity index (χ0) is 18.4. The number of carbonyl (C=O) groups excluding carboxylic acids is 2. The molecule has 6 heteroatoms. The molecule has 5 nitrogen and oxygen atoms in total. The molecule has 0 aromatic heterocycles. The second-order valence-corrected chi connectivity index (χ2v) is 6.36. The van der Waals surface area contributed by atoms with Gasteiger partial charge in [0, 0.05) is 22.9 Å². The average molecular weight is 355 g/mol. The van der Waals surface area contributed by atoms with Crippen LogP contribution in [0, 0.1) is 12.8 Å². The molecule has 2 aromatic carbocycles. The Morgan fingerprint density at radius 1 is 0.960 bits per heavy atom. The van der Waals surface area contributed by atoms with Gasteiger partial charge >= 0.3 is 0 Å². The van der Waals surface area contributed by atoms with Gasteiger partial charge in [0.2, 0.25) is 5.91 Å². The molecule has 130 valence electrons. The molecule has 2 rings (SSSR count). The van der Waals surface area contributed by atoms with Gasteiger partial charge in [0.05, 0.1) is 0 Å². The number of benzene rings is 2. The van der Waals surface area contributed by atoms with Crippen molar-refractivity contribution < 1.29 is 9.59 Å². The number of carbonyl (C=O) groups is 2. The van der Waals surface area contributed by atoms with Crippen LogP contribution >= 0.6 is 12.2 Å². The first-order chi connectivity index (χ1) is 11.9. The van der Waals surface area contributed by atoms with E-state index in [4.69, 9.17) is 12.2 Å². The van der Waals surface area contributed by atoms with Gasteiger partial charge in [-0.1, -0.05) is 38.1 Å². The Balaban J connectivity index is 2.04. The van der Waals surface area contributed by atoms with Gasteiger partial charge in [-0.2, -0.15) is 0 Å². The maximum absolute atomic E-state index is 12.4. The summed E-state index contributed by atoms with van der Waals surface area (Å²) in [6.07, 6.45) is 0. The fraction of sp³-hybridized carbons (Fsp3) is 0.211. The van der Waals surface area contributed by atoms with Gasteiger partial charge in [-0.25, -0.2) is 0 Å². The van der Waals surface area contributed by atoms with Crippen molar-refractivity contribution in [3.05, 3.63) is 59.7 Å². The largest absolute Gasteiger partial charge is 0.332 e. The van der Waals surface area contributed by atoms with Crippen LogP contribution in [0.25, 0.3) is 0 Å². The molecule has 0 spiro atoms. The smallest absolute Gasteiger partial charge is 0.255 e. The number of thiocarbonyl (C=S) groups is 1. The number of hydrogen-bond acceptors (Lipinski definition) is 3. The molecule has 0 aliphatic carbocycles. The van der Waals surface area contributed by atoms with Crippen molar-refractivity contribution in [3.8, 4) is 0 Å². The number of hydrogen-bond donors (Lipinski definition) is 3. The van der Waals surface area contributed by atoms with E-state index < -0.39 is 0 Å². The van der Waals surface area contributed by atoms with Crippen LogP contribution in [0.5, 0.6) is 0 Å². The second kappa shape index (κ2) is 8.39. The predicted octanol–water partition coefficient (Wildman–Crippen LogP) is 3.72. The first-order valence-corrected chi connectivity index (χ1v) is 8.36. The number of aryl methyl sites for hydroxylation is 1. The number of rotatable bonds is 4. The summed E-state index contributed by atoms with van der Waals surface area (Å²) in [6, 6.07) is 14.5. The summed E-state index contributed by atoms with van der Waals surface area (Å²) >= 11 is 5.13. The van der Waals surface area contributed by atoms with Crippen molar-refractivity contribution in [2.24, 2.45) is 5.92 Å². The van der Waals surface area contributed by atoms with E-state index in [9.17, 15) is 9.59 Å². The Labute approximate surface area is 152 Å². The van der Waals surface area contributed by atoms with Crippen LogP contribution in [0.1, 0.15) is 29.8 Å². The maximum Gasteiger partial charge on any atom is 0.255 e. The van der Waals surface area contributed by atoms with Gasteiger partial charge < -0.3 is 16.0 Å². The van der Waals surface area contributed by atoms with E-state index in [0.717, 1.165) is 5.56 Å². The molecule has 0 bridgehead atoms. The van der Waals surface area contributed by atoms with Gasteiger partial charge in [-0.3, -0.25) is 9.59 Å². The third-order valence-corrected chi connectivity index (χ3v) is 3.73. The lowest BCUT2D eigenvalue weighted by Crippen LogP contribution is -2.36. The fourth-order valence-electron chi connectivity index (χ4n) is 2.12. The molecule has 0 saturated heterocycles. The molecule has 25 heavy (non-hydrogen) atoms. The van der Waals surface area contributed by atoms with E-state index in [2.05, 4.69) is 16.0 Å². The van der Waals surface area contributed by atoms with Crippen LogP contribution < -0.4 is 16.0 Å². The Hall–Kier alpha value is -2.73. The summed E-state index contributed by atoms with van der Waals surface area (Å²) < 4.78 is 0. The summed E-state index contributed by atoms with van der Waals surface area (Å²) in [5.74, 6) is -0.480. The van der Waals surface area contributed by atoms with Crippen LogP contribution in [0.15, 0.2) is 48.5 Å². The molecule has 0 aliphatic rings. The van der Waals surface area contributed by atoms with Crippen molar-refractivity contribution in [1.29, 1.82) is 0 Å². The van der Waals surface area contributed by atoms with Crippen molar-refractivity contribution in [2.45, 2.75) is 20.8 Å². The molecular formula is C19H21N3O2S. The summed E-state index contributed by atoms with van der Waals surface area (Å²) in [4.78, 5) is 24.0. The highest BCUT2D eigenvalue weighted by Gasteiger charge is 2.10. The van der Waals surface area contributed by atoms with Crippen molar-refractivity contribution in [2.75, 3.05) is 10.6 Å². The first-order valence-electron chi connectivity index (χ1n) is 7.95. The molecule has 0 fully saturated rings. The van der Waals surface area contributed by atoms with Gasteiger partial charge in [-0.15, -0.1) is 0 Å². The molecule has 0 radical (unpaired) electrons. The van der Waals surface area contributed by atoms with Gasteiger partial charge in [0.25, 0.3) is 5.91 Å². The Morgan fingerprint density at radius 2 is 1.60 bits per heavy atom. The standard InChI is InChI=1S/C19H21N3O2S/c1-12(2)17(23)22-19(25)21-15-9-6-8-14(11-15)20-18(24)16-10-5-4-7-13(16)3/h4-12H,1-3H3,(H,20,24)(H2,21,22,23,25). The minimum atomic E-state index is -0.175. The molecular weight excluding hydrogens is 334 g/mol. The molecule has 0 heterocycles. The van der Waals surface area contributed by atoms with E-state index in [0.29, 0.717) is 16.9 Å². The van der Waals surface area contributed by atoms with Crippen molar-refractivity contribution in [1.82, 2.24) is 5.32 Å².